The molecule has 0 bridgehead atoms. The molecule has 98 valence electrons. The van der Waals surface area contributed by atoms with Crippen molar-refractivity contribution in [1.29, 1.82) is 0 Å². The SMILES string of the molecule is COC(=O)c1cnc(CCc2ccccc2)nc1N. The summed E-state index contributed by atoms with van der Waals surface area (Å²) >= 11 is 0. The van der Waals surface area contributed by atoms with Crippen LogP contribution in [0.3, 0.4) is 0 Å². The van der Waals surface area contributed by atoms with E-state index in [-0.39, 0.29) is 11.4 Å². The Bertz CT molecular complexity index is 570. The minimum atomic E-state index is -0.521. The van der Waals surface area contributed by atoms with Gasteiger partial charge in [-0.3, -0.25) is 0 Å². The Balaban J connectivity index is 2.06. The average molecular weight is 257 g/mol. The standard InChI is InChI=1S/C14H15N3O2/c1-19-14(18)11-9-16-12(17-13(11)15)8-7-10-5-3-2-4-6-10/h2-6,9H,7-8H2,1H3,(H2,15,16,17). The lowest BCUT2D eigenvalue weighted by molar-refractivity contribution is 0.0601. The topological polar surface area (TPSA) is 78.1 Å². The monoisotopic (exact) mass is 257 g/mol. The first kappa shape index (κ1) is 13.0. The summed E-state index contributed by atoms with van der Waals surface area (Å²) in [6, 6.07) is 10.1. The molecule has 0 atom stereocenters. The quantitative estimate of drug-likeness (QED) is 0.842. The molecule has 0 saturated carbocycles. The summed E-state index contributed by atoms with van der Waals surface area (Å²) in [6.45, 7) is 0. The highest BCUT2D eigenvalue weighted by Gasteiger charge is 2.12. The van der Waals surface area contributed by atoms with E-state index in [4.69, 9.17) is 5.73 Å². The molecule has 2 rings (SSSR count). The van der Waals surface area contributed by atoms with Crippen molar-refractivity contribution < 1.29 is 9.53 Å². The summed E-state index contributed by atoms with van der Waals surface area (Å²) in [5, 5.41) is 0. The van der Waals surface area contributed by atoms with E-state index in [9.17, 15) is 4.79 Å². The highest BCUT2D eigenvalue weighted by Crippen LogP contribution is 2.10. The first-order valence-corrected chi connectivity index (χ1v) is 5.94. The molecular weight excluding hydrogens is 242 g/mol. The van der Waals surface area contributed by atoms with Crippen LogP contribution in [0, 0.1) is 0 Å². The number of aromatic nitrogens is 2. The van der Waals surface area contributed by atoms with Gasteiger partial charge in [0.1, 0.15) is 17.2 Å². The van der Waals surface area contributed by atoms with Crippen LogP contribution in [0.15, 0.2) is 36.5 Å². The van der Waals surface area contributed by atoms with Crippen LogP contribution in [-0.2, 0) is 17.6 Å². The van der Waals surface area contributed by atoms with Crippen molar-refractivity contribution in [3.05, 3.63) is 53.5 Å². The molecule has 1 aromatic heterocycles. The fourth-order valence-corrected chi connectivity index (χ4v) is 1.72. The predicted octanol–water partition coefficient (Wildman–Crippen LogP) is 1.63. The number of nitrogens with zero attached hydrogens (tertiary/aromatic N) is 2. The zero-order valence-corrected chi connectivity index (χ0v) is 10.7. The Hall–Kier alpha value is -2.43. The summed E-state index contributed by atoms with van der Waals surface area (Å²) in [4.78, 5) is 19.6. The molecule has 2 N–H and O–H groups in total. The first-order valence-electron chi connectivity index (χ1n) is 5.94. The van der Waals surface area contributed by atoms with Gasteiger partial charge < -0.3 is 10.5 Å². The van der Waals surface area contributed by atoms with Crippen LogP contribution in [0.25, 0.3) is 0 Å². The Morgan fingerprint density at radius 3 is 2.63 bits per heavy atom. The smallest absolute Gasteiger partial charge is 0.343 e. The summed E-state index contributed by atoms with van der Waals surface area (Å²) in [7, 11) is 1.30. The molecule has 2 aromatic rings. The van der Waals surface area contributed by atoms with Crippen molar-refractivity contribution in [2.45, 2.75) is 12.8 Å². The van der Waals surface area contributed by atoms with E-state index >= 15 is 0 Å². The lowest BCUT2D eigenvalue weighted by atomic mass is 10.1. The second kappa shape index (κ2) is 5.95. The van der Waals surface area contributed by atoms with Gasteiger partial charge in [0, 0.05) is 12.6 Å². The lowest BCUT2D eigenvalue weighted by Gasteiger charge is -2.05. The maximum atomic E-state index is 11.3. The fraction of sp³-hybridized carbons (Fsp3) is 0.214. The van der Waals surface area contributed by atoms with Crippen LogP contribution in [0.2, 0.25) is 0 Å². The van der Waals surface area contributed by atoms with Gasteiger partial charge in [-0.15, -0.1) is 0 Å². The summed E-state index contributed by atoms with van der Waals surface area (Å²) < 4.78 is 4.59. The van der Waals surface area contributed by atoms with Crippen LogP contribution < -0.4 is 5.73 Å². The van der Waals surface area contributed by atoms with E-state index in [1.165, 1.54) is 18.9 Å². The number of hydrogen-bond donors (Lipinski definition) is 1. The molecule has 0 radical (unpaired) electrons. The summed E-state index contributed by atoms with van der Waals surface area (Å²) in [6.07, 6.45) is 2.92. The number of anilines is 1. The van der Waals surface area contributed by atoms with E-state index in [2.05, 4.69) is 14.7 Å². The third kappa shape index (κ3) is 3.28. The Kier molecular flexibility index (Phi) is 4.07. The van der Waals surface area contributed by atoms with Gasteiger partial charge in [0.2, 0.25) is 0 Å². The molecule has 0 unspecified atom stereocenters. The molecule has 5 nitrogen and oxygen atoms in total. The van der Waals surface area contributed by atoms with Gasteiger partial charge in [-0.1, -0.05) is 30.3 Å². The summed E-state index contributed by atoms with van der Waals surface area (Å²) in [5.41, 5.74) is 7.12. The largest absolute Gasteiger partial charge is 0.465 e. The predicted molar refractivity (Wildman–Crippen MR) is 71.6 cm³/mol. The maximum absolute atomic E-state index is 11.3. The van der Waals surface area contributed by atoms with E-state index < -0.39 is 5.97 Å². The molecule has 19 heavy (non-hydrogen) atoms. The number of carbonyl (C=O) groups excluding carboxylic acids is 1. The molecule has 0 aliphatic heterocycles. The van der Waals surface area contributed by atoms with E-state index in [0.29, 0.717) is 12.2 Å². The Labute approximate surface area is 111 Å². The third-order valence-electron chi connectivity index (χ3n) is 2.75. The minimum absolute atomic E-state index is 0.157. The van der Waals surface area contributed by atoms with Crippen LogP contribution in [0.1, 0.15) is 21.7 Å². The minimum Gasteiger partial charge on any atom is -0.465 e. The number of nitrogens with two attached hydrogens (primary N) is 1. The molecule has 1 heterocycles. The van der Waals surface area contributed by atoms with E-state index in [0.717, 1.165) is 6.42 Å². The zero-order chi connectivity index (χ0) is 13.7. The van der Waals surface area contributed by atoms with Gasteiger partial charge in [-0.05, 0) is 12.0 Å². The third-order valence-corrected chi connectivity index (χ3v) is 2.75. The summed E-state index contributed by atoms with van der Waals surface area (Å²) in [5.74, 6) is 0.256. The number of carbonyl (C=O) groups is 1. The van der Waals surface area contributed by atoms with Gasteiger partial charge in [0.05, 0.1) is 7.11 Å². The van der Waals surface area contributed by atoms with Gasteiger partial charge in [0.25, 0.3) is 0 Å². The molecule has 0 saturated heterocycles. The van der Waals surface area contributed by atoms with Crippen molar-refractivity contribution in [3.63, 3.8) is 0 Å². The molecule has 1 aromatic carbocycles. The highest BCUT2D eigenvalue weighted by atomic mass is 16.5. The zero-order valence-electron chi connectivity index (χ0n) is 10.7. The second-order valence-corrected chi connectivity index (χ2v) is 4.06. The normalized spacial score (nSPS) is 10.2. The van der Waals surface area contributed by atoms with Gasteiger partial charge in [-0.2, -0.15) is 0 Å². The second-order valence-electron chi connectivity index (χ2n) is 4.06. The Morgan fingerprint density at radius 2 is 2.00 bits per heavy atom. The van der Waals surface area contributed by atoms with Crippen molar-refractivity contribution in [2.75, 3.05) is 12.8 Å². The van der Waals surface area contributed by atoms with Gasteiger partial charge in [0.15, 0.2) is 0 Å². The van der Waals surface area contributed by atoms with Crippen molar-refractivity contribution in [1.82, 2.24) is 9.97 Å². The first-order chi connectivity index (χ1) is 9.20. The van der Waals surface area contributed by atoms with E-state index in [1.807, 2.05) is 30.3 Å². The van der Waals surface area contributed by atoms with Crippen molar-refractivity contribution >= 4 is 11.8 Å². The number of rotatable bonds is 4. The van der Waals surface area contributed by atoms with Crippen LogP contribution in [0.5, 0.6) is 0 Å². The average Bonchev–Trinajstić information content (AvgIpc) is 2.45. The molecular formula is C14H15N3O2. The number of nitrogen functional groups attached to an aromatic ring is 1. The van der Waals surface area contributed by atoms with Crippen LogP contribution in [0.4, 0.5) is 5.82 Å². The highest BCUT2D eigenvalue weighted by molar-refractivity contribution is 5.93. The number of benzene rings is 1. The molecule has 0 spiro atoms. The molecule has 0 aliphatic carbocycles. The van der Waals surface area contributed by atoms with E-state index in [1.54, 1.807) is 0 Å². The van der Waals surface area contributed by atoms with Crippen LogP contribution in [-0.4, -0.2) is 23.0 Å². The molecule has 5 heteroatoms. The Morgan fingerprint density at radius 1 is 1.26 bits per heavy atom. The number of hydrogen-bond acceptors (Lipinski definition) is 5. The lowest BCUT2D eigenvalue weighted by Crippen LogP contribution is -2.10. The van der Waals surface area contributed by atoms with Crippen LogP contribution >= 0.6 is 0 Å². The molecule has 0 aliphatic rings. The van der Waals surface area contributed by atoms with Crippen molar-refractivity contribution in [2.24, 2.45) is 0 Å². The molecule has 0 fully saturated rings. The maximum Gasteiger partial charge on any atom is 0.343 e. The fourth-order valence-electron chi connectivity index (χ4n) is 1.72. The number of methoxy groups -OCH3 is 1. The number of ether oxygens (including phenoxy) is 1. The van der Waals surface area contributed by atoms with Crippen molar-refractivity contribution in [3.8, 4) is 0 Å². The van der Waals surface area contributed by atoms with Gasteiger partial charge in [-0.25, -0.2) is 14.8 Å². The number of esters is 1. The number of aryl methyl sites for hydroxylation is 2. The molecule has 0 amide bonds. The van der Waals surface area contributed by atoms with Gasteiger partial charge >= 0.3 is 5.97 Å².